The molecule has 0 aliphatic carbocycles. The van der Waals surface area contributed by atoms with Crippen molar-refractivity contribution in [2.75, 3.05) is 29.9 Å². The van der Waals surface area contributed by atoms with Crippen molar-refractivity contribution in [2.45, 2.75) is 26.2 Å². The number of anilines is 2. The molecule has 24 heavy (non-hydrogen) atoms. The van der Waals surface area contributed by atoms with E-state index in [1.165, 1.54) is 18.5 Å². The summed E-state index contributed by atoms with van der Waals surface area (Å²) in [5.41, 5.74) is 3.02. The van der Waals surface area contributed by atoms with Crippen molar-refractivity contribution in [3.63, 3.8) is 0 Å². The molecule has 2 aromatic carbocycles. The molecule has 4 nitrogen and oxygen atoms in total. The highest BCUT2D eigenvalue weighted by molar-refractivity contribution is 5.92. The van der Waals surface area contributed by atoms with Crippen LogP contribution in [0.15, 0.2) is 48.5 Å². The molecule has 1 saturated heterocycles. The molecule has 0 bridgehead atoms. The fourth-order valence-electron chi connectivity index (χ4n) is 3.02. The van der Waals surface area contributed by atoms with Gasteiger partial charge in [-0.3, -0.25) is 4.79 Å². The molecule has 2 aromatic rings. The molecule has 1 aliphatic heterocycles. The summed E-state index contributed by atoms with van der Waals surface area (Å²) in [6.45, 7) is 4.80. The molecule has 1 aliphatic rings. The van der Waals surface area contributed by atoms with Crippen molar-refractivity contribution in [2.24, 2.45) is 0 Å². The van der Waals surface area contributed by atoms with E-state index in [4.69, 9.17) is 4.74 Å². The Morgan fingerprint density at radius 1 is 1.12 bits per heavy atom. The predicted molar refractivity (Wildman–Crippen MR) is 97.8 cm³/mol. The molecule has 0 spiro atoms. The van der Waals surface area contributed by atoms with Crippen molar-refractivity contribution >= 4 is 17.3 Å². The monoisotopic (exact) mass is 324 g/mol. The Morgan fingerprint density at radius 3 is 2.58 bits per heavy atom. The SMILES string of the molecule is CCOc1ccc(CC(=O)Nc2cccc(N3CCCC3)c2)cc1. The van der Waals surface area contributed by atoms with Gasteiger partial charge in [-0.1, -0.05) is 18.2 Å². The van der Waals surface area contributed by atoms with Gasteiger partial charge >= 0.3 is 0 Å². The van der Waals surface area contributed by atoms with Crippen molar-refractivity contribution in [1.29, 1.82) is 0 Å². The molecule has 3 rings (SSSR count). The summed E-state index contributed by atoms with van der Waals surface area (Å²) in [7, 11) is 0. The Balaban J connectivity index is 1.59. The molecule has 1 heterocycles. The van der Waals surface area contributed by atoms with Gasteiger partial charge in [0.25, 0.3) is 0 Å². The van der Waals surface area contributed by atoms with Gasteiger partial charge in [-0.15, -0.1) is 0 Å². The lowest BCUT2D eigenvalue weighted by Gasteiger charge is -2.18. The molecule has 0 saturated carbocycles. The molecule has 0 aromatic heterocycles. The summed E-state index contributed by atoms with van der Waals surface area (Å²) in [5.74, 6) is 0.831. The van der Waals surface area contributed by atoms with E-state index in [0.29, 0.717) is 13.0 Å². The topological polar surface area (TPSA) is 41.6 Å². The minimum atomic E-state index is -0.00210. The number of hydrogen-bond acceptors (Lipinski definition) is 3. The van der Waals surface area contributed by atoms with Gasteiger partial charge in [-0.25, -0.2) is 0 Å². The standard InChI is InChI=1S/C20H24N2O2/c1-2-24-19-10-8-16(9-11-19)14-20(23)21-17-6-5-7-18(15-17)22-12-3-4-13-22/h5-11,15H,2-4,12-14H2,1H3,(H,21,23). The van der Waals surface area contributed by atoms with Crippen molar-refractivity contribution in [3.05, 3.63) is 54.1 Å². The Kier molecular flexibility index (Phi) is 5.36. The largest absolute Gasteiger partial charge is 0.494 e. The number of nitrogens with zero attached hydrogens (tertiary/aromatic N) is 1. The Labute approximate surface area is 143 Å². The van der Waals surface area contributed by atoms with E-state index < -0.39 is 0 Å². The summed E-state index contributed by atoms with van der Waals surface area (Å²) in [5, 5.41) is 3.00. The fourth-order valence-corrected chi connectivity index (χ4v) is 3.02. The van der Waals surface area contributed by atoms with Crippen molar-refractivity contribution in [3.8, 4) is 5.75 Å². The van der Waals surface area contributed by atoms with E-state index in [0.717, 1.165) is 30.1 Å². The molecule has 0 unspecified atom stereocenters. The first-order chi connectivity index (χ1) is 11.7. The zero-order valence-corrected chi connectivity index (χ0v) is 14.1. The summed E-state index contributed by atoms with van der Waals surface area (Å²) in [6, 6.07) is 15.8. The normalized spacial score (nSPS) is 13.8. The number of rotatable bonds is 6. The molecular weight excluding hydrogens is 300 g/mol. The van der Waals surface area contributed by atoms with Crippen LogP contribution in [0.4, 0.5) is 11.4 Å². The van der Waals surface area contributed by atoms with E-state index in [1.54, 1.807) is 0 Å². The van der Waals surface area contributed by atoms with E-state index in [9.17, 15) is 4.79 Å². The van der Waals surface area contributed by atoms with Gasteiger partial charge in [-0.2, -0.15) is 0 Å². The zero-order chi connectivity index (χ0) is 16.8. The second-order valence-corrected chi connectivity index (χ2v) is 6.05. The van der Waals surface area contributed by atoms with E-state index >= 15 is 0 Å². The molecule has 1 amide bonds. The molecule has 126 valence electrons. The average Bonchev–Trinajstić information content (AvgIpc) is 3.12. The third-order valence-corrected chi connectivity index (χ3v) is 4.20. The average molecular weight is 324 g/mol. The lowest BCUT2D eigenvalue weighted by molar-refractivity contribution is -0.115. The van der Waals surface area contributed by atoms with Crippen LogP contribution < -0.4 is 15.0 Å². The summed E-state index contributed by atoms with van der Waals surface area (Å²) in [6.07, 6.45) is 2.85. The number of hydrogen-bond donors (Lipinski definition) is 1. The van der Waals surface area contributed by atoms with Crippen LogP contribution in [0.25, 0.3) is 0 Å². The Morgan fingerprint density at radius 2 is 1.88 bits per heavy atom. The van der Waals surface area contributed by atoms with Crippen LogP contribution in [0.3, 0.4) is 0 Å². The molecule has 4 heteroatoms. The maximum Gasteiger partial charge on any atom is 0.228 e. The van der Waals surface area contributed by atoms with Gasteiger partial charge in [0.1, 0.15) is 5.75 Å². The first-order valence-electron chi connectivity index (χ1n) is 8.61. The van der Waals surface area contributed by atoms with E-state index in [1.807, 2.05) is 43.3 Å². The number of amides is 1. The summed E-state index contributed by atoms with van der Waals surface area (Å²) < 4.78 is 5.42. The number of carbonyl (C=O) groups is 1. The van der Waals surface area contributed by atoms with Crippen LogP contribution >= 0.6 is 0 Å². The second-order valence-electron chi connectivity index (χ2n) is 6.05. The van der Waals surface area contributed by atoms with Gasteiger partial charge in [0.15, 0.2) is 0 Å². The van der Waals surface area contributed by atoms with Gasteiger partial charge in [0.05, 0.1) is 13.0 Å². The number of benzene rings is 2. The van der Waals surface area contributed by atoms with Crippen LogP contribution in [0, 0.1) is 0 Å². The van der Waals surface area contributed by atoms with Gasteiger partial charge in [0.2, 0.25) is 5.91 Å². The maximum atomic E-state index is 12.3. The molecule has 1 N–H and O–H groups in total. The lowest BCUT2D eigenvalue weighted by atomic mass is 10.1. The zero-order valence-electron chi connectivity index (χ0n) is 14.1. The highest BCUT2D eigenvalue weighted by Crippen LogP contribution is 2.23. The summed E-state index contributed by atoms with van der Waals surface area (Å²) >= 11 is 0. The molecule has 0 radical (unpaired) electrons. The smallest absolute Gasteiger partial charge is 0.228 e. The number of ether oxygens (including phenoxy) is 1. The Bertz CT molecular complexity index is 676. The fraction of sp³-hybridized carbons (Fsp3) is 0.350. The minimum absolute atomic E-state index is 0.00210. The number of carbonyl (C=O) groups excluding carboxylic acids is 1. The molecular formula is C20H24N2O2. The van der Waals surface area contributed by atoms with E-state index in [2.05, 4.69) is 22.3 Å². The predicted octanol–water partition coefficient (Wildman–Crippen LogP) is 3.87. The third kappa shape index (κ3) is 4.28. The van der Waals surface area contributed by atoms with Crippen LogP contribution in [0.2, 0.25) is 0 Å². The minimum Gasteiger partial charge on any atom is -0.494 e. The first-order valence-corrected chi connectivity index (χ1v) is 8.61. The van der Waals surface area contributed by atoms with Crippen LogP contribution in [-0.4, -0.2) is 25.6 Å². The van der Waals surface area contributed by atoms with Crippen LogP contribution in [0.5, 0.6) is 5.75 Å². The summed E-state index contributed by atoms with van der Waals surface area (Å²) in [4.78, 5) is 14.6. The van der Waals surface area contributed by atoms with Gasteiger partial charge in [-0.05, 0) is 55.7 Å². The second kappa shape index (κ2) is 7.86. The quantitative estimate of drug-likeness (QED) is 0.877. The lowest BCUT2D eigenvalue weighted by Crippen LogP contribution is -2.18. The van der Waals surface area contributed by atoms with Gasteiger partial charge in [0, 0.05) is 24.5 Å². The van der Waals surface area contributed by atoms with E-state index in [-0.39, 0.29) is 5.91 Å². The highest BCUT2D eigenvalue weighted by Gasteiger charge is 2.13. The van der Waals surface area contributed by atoms with Crippen molar-refractivity contribution < 1.29 is 9.53 Å². The maximum absolute atomic E-state index is 12.3. The Hall–Kier alpha value is -2.49. The van der Waals surface area contributed by atoms with Crippen LogP contribution in [0.1, 0.15) is 25.3 Å². The number of nitrogens with one attached hydrogen (secondary N) is 1. The van der Waals surface area contributed by atoms with Crippen molar-refractivity contribution in [1.82, 2.24) is 0 Å². The van der Waals surface area contributed by atoms with Crippen LogP contribution in [-0.2, 0) is 11.2 Å². The molecule has 1 fully saturated rings. The first kappa shape index (κ1) is 16.4. The highest BCUT2D eigenvalue weighted by atomic mass is 16.5. The molecule has 0 atom stereocenters. The third-order valence-electron chi connectivity index (χ3n) is 4.20. The van der Waals surface area contributed by atoms with Gasteiger partial charge < -0.3 is 15.0 Å².